The normalized spacial score (nSPS) is 27.0. The van der Waals surface area contributed by atoms with Gasteiger partial charge in [-0.2, -0.15) is 0 Å². The van der Waals surface area contributed by atoms with E-state index in [0.717, 1.165) is 103 Å². The third kappa shape index (κ3) is 10.8. The van der Waals surface area contributed by atoms with Crippen molar-refractivity contribution in [1.29, 1.82) is 0 Å². The summed E-state index contributed by atoms with van der Waals surface area (Å²) < 4.78 is 11.9. The molecule has 0 bridgehead atoms. The van der Waals surface area contributed by atoms with E-state index in [0.29, 0.717) is 24.6 Å². The third-order valence-electron chi connectivity index (χ3n) is 12.1. The highest BCUT2D eigenvalue weighted by molar-refractivity contribution is 6.02. The summed E-state index contributed by atoms with van der Waals surface area (Å²) >= 11 is 0. The molecule has 4 aliphatic rings. The zero-order valence-corrected chi connectivity index (χ0v) is 34.8. The van der Waals surface area contributed by atoms with E-state index in [1.54, 1.807) is 12.4 Å². The monoisotopic (exact) mass is 747 g/mol. The Morgan fingerprint density at radius 1 is 0.611 bits per heavy atom. The van der Waals surface area contributed by atoms with Gasteiger partial charge in [0.15, 0.2) is 0 Å². The number of nitrogens with zero attached hydrogens (tertiary/aromatic N) is 6. The molecule has 4 fully saturated rings. The topological polar surface area (TPSA) is 91.3 Å². The van der Waals surface area contributed by atoms with Crippen LogP contribution in [0.1, 0.15) is 115 Å². The summed E-state index contributed by atoms with van der Waals surface area (Å²) in [5.41, 5.74) is -0.426. The first-order chi connectivity index (χ1) is 25.6. The molecule has 54 heavy (non-hydrogen) atoms. The number of hydrogen-bond acceptors (Lipinski definition) is 10. The number of rotatable bonds is 12. The predicted octanol–water partition coefficient (Wildman–Crippen LogP) is 6.51. The van der Waals surface area contributed by atoms with Crippen LogP contribution in [-0.2, 0) is 9.47 Å². The quantitative estimate of drug-likeness (QED) is 0.224. The predicted molar refractivity (Wildman–Crippen MR) is 216 cm³/mol. The first-order valence-electron chi connectivity index (χ1n) is 20.8. The van der Waals surface area contributed by atoms with Crippen molar-refractivity contribution in [2.45, 2.75) is 116 Å². The number of ether oxygens (including phenoxy) is 2. The Morgan fingerprint density at radius 3 is 1.28 bits per heavy atom. The fourth-order valence-corrected chi connectivity index (χ4v) is 9.05. The van der Waals surface area contributed by atoms with Gasteiger partial charge >= 0.3 is 0 Å². The average molecular weight is 747 g/mol. The first-order valence-corrected chi connectivity index (χ1v) is 20.8. The molecule has 0 aliphatic carbocycles. The average Bonchev–Trinajstić information content (AvgIpc) is 3.16. The largest absolute Gasteiger partial charge is 0.375 e. The summed E-state index contributed by atoms with van der Waals surface area (Å²) in [6.45, 7) is 29.0. The van der Waals surface area contributed by atoms with Crippen molar-refractivity contribution in [1.82, 2.24) is 29.6 Å². The molecule has 2 atom stereocenters. The van der Waals surface area contributed by atoms with Crippen molar-refractivity contribution in [3.63, 3.8) is 0 Å². The Labute approximate surface area is 326 Å². The third-order valence-corrected chi connectivity index (χ3v) is 12.1. The van der Waals surface area contributed by atoms with Crippen LogP contribution in [0.3, 0.4) is 0 Å². The van der Waals surface area contributed by atoms with Crippen molar-refractivity contribution in [2.24, 2.45) is 11.8 Å². The lowest BCUT2D eigenvalue weighted by molar-refractivity contribution is -0.113. The van der Waals surface area contributed by atoms with Crippen LogP contribution in [0.2, 0.25) is 0 Å². The van der Waals surface area contributed by atoms with E-state index in [9.17, 15) is 9.59 Å². The maximum atomic E-state index is 13.6. The Bertz CT molecular complexity index is 1360. The summed E-state index contributed by atoms with van der Waals surface area (Å²) in [6, 6.07) is 11.2. The molecule has 0 N–H and O–H groups in total. The number of carbonyl (C=O) groups excluding carboxylic acids is 2. The van der Waals surface area contributed by atoms with Crippen LogP contribution >= 0.6 is 0 Å². The van der Waals surface area contributed by atoms with E-state index in [1.807, 2.05) is 36.4 Å². The minimum Gasteiger partial charge on any atom is -0.375 e. The fourth-order valence-electron chi connectivity index (χ4n) is 9.05. The van der Waals surface area contributed by atoms with E-state index in [1.165, 1.54) is 12.8 Å². The van der Waals surface area contributed by atoms with Gasteiger partial charge in [-0.25, -0.2) is 0 Å². The SMILES string of the molecule is CC(C)CCN1CCN([C@@]2(C(=O)c3ccccn3)CCOC(C)(C)C2)CC1.CC(C)CCN1CCN([C@]2(C(=O)c3ccccn3)CCOC(C)(C)C2)CC1. The molecule has 2 aromatic rings. The molecular formula is C44H70N6O4. The van der Waals surface area contributed by atoms with Crippen molar-refractivity contribution in [2.75, 3.05) is 78.7 Å². The van der Waals surface area contributed by atoms with E-state index in [-0.39, 0.29) is 22.8 Å². The number of pyridine rings is 2. The lowest BCUT2D eigenvalue weighted by Gasteiger charge is -2.52. The van der Waals surface area contributed by atoms with Crippen molar-refractivity contribution in [3.05, 3.63) is 60.2 Å². The van der Waals surface area contributed by atoms with Crippen molar-refractivity contribution in [3.8, 4) is 0 Å². The van der Waals surface area contributed by atoms with Gasteiger partial charge in [-0.1, -0.05) is 39.8 Å². The van der Waals surface area contributed by atoms with E-state index >= 15 is 0 Å². The molecule has 6 heterocycles. The molecule has 10 heteroatoms. The lowest BCUT2D eigenvalue weighted by atomic mass is 9.75. The van der Waals surface area contributed by atoms with Crippen LogP contribution in [-0.4, -0.2) is 142 Å². The van der Waals surface area contributed by atoms with Crippen LogP contribution in [0.25, 0.3) is 0 Å². The Kier molecular flexibility index (Phi) is 14.6. The van der Waals surface area contributed by atoms with Gasteiger partial charge in [-0.15, -0.1) is 0 Å². The maximum absolute atomic E-state index is 13.6. The number of aromatic nitrogens is 2. The summed E-state index contributed by atoms with van der Waals surface area (Å²) in [5.74, 6) is 1.79. The van der Waals surface area contributed by atoms with E-state index in [4.69, 9.17) is 9.47 Å². The van der Waals surface area contributed by atoms with E-state index < -0.39 is 11.1 Å². The Hall–Kier alpha value is -2.60. The van der Waals surface area contributed by atoms with Gasteiger partial charge in [0.2, 0.25) is 11.6 Å². The molecule has 6 rings (SSSR count). The molecule has 0 amide bonds. The summed E-state index contributed by atoms with van der Waals surface area (Å²) in [4.78, 5) is 46.0. The van der Waals surface area contributed by atoms with Gasteiger partial charge in [-0.3, -0.25) is 29.4 Å². The highest BCUT2D eigenvalue weighted by Gasteiger charge is 2.52. The molecule has 0 saturated carbocycles. The lowest BCUT2D eigenvalue weighted by Crippen LogP contribution is -2.65. The summed E-state index contributed by atoms with van der Waals surface area (Å²) in [7, 11) is 0. The van der Waals surface area contributed by atoms with Gasteiger partial charge in [0.25, 0.3) is 0 Å². The number of carbonyl (C=O) groups is 2. The van der Waals surface area contributed by atoms with Crippen LogP contribution < -0.4 is 0 Å². The smallest absolute Gasteiger partial charge is 0.201 e. The first kappa shape index (κ1) is 42.5. The van der Waals surface area contributed by atoms with Crippen LogP contribution in [0, 0.1) is 11.8 Å². The molecule has 300 valence electrons. The standard InChI is InChI=1S/2C22H35N3O2/c2*1-18(2)8-11-24-12-14-25(15-13-24)22(9-16-27-21(3,4)17-22)20(26)19-7-5-6-10-23-19/h2*5-7,10,18H,8-9,11-17H2,1-4H3/t2*22-/m10/s1. The van der Waals surface area contributed by atoms with Gasteiger partial charge in [-0.05, 0) is 103 Å². The van der Waals surface area contributed by atoms with Crippen molar-refractivity contribution < 1.29 is 19.1 Å². The molecule has 0 spiro atoms. The van der Waals surface area contributed by atoms with Crippen molar-refractivity contribution >= 4 is 11.6 Å². The van der Waals surface area contributed by atoms with E-state index in [2.05, 4.69) is 85.0 Å². The number of Topliss-reactive ketones (excluding diaryl/α,β-unsaturated/α-hetero) is 2. The van der Waals surface area contributed by atoms with Gasteiger partial charge in [0.05, 0.1) is 22.3 Å². The van der Waals surface area contributed by atoms with Gasteiger partial charge in [0, 0.05) is 90.8 Å². The second kappa shape index (κ2) is 18.6. The molecule has 0 radical (unpaired) electrons. The number of ketones is 2. The second-order valence-electron chi connectivity index (χ2n) is 18.2. The zero-order chi connectivity index (χ0) is 39.0. The number of piperazine rings is 2. The molecule has 10 nitrogen and oxygen atoms in total. The van der Waals surface area contributed by atoms with Gasteiger partial charge < -0.3 is 19.3 Å². The highest BCUT2D eigenvalue weighted by atomic mass is 16.5. The summed E-state index contributed by atoms with van der Waals surface area (Å²) in [5, 5.41) is 0. The number of hydrogen-bond donors (Lipinski definition) is 0. The van der Waals surface area contributed by atoms with Crippen LogP contribution in [0.5, 0.6) is 0 Å². The Morgan fingerprint density at radius 2 is 0.981 bits per heavy atom. The molecule has 4 saturated heterocycles. The minimum absolute atomic E-state index is 0.162. The summed E-state index contributed by atoms with van der Waals surface area (Å²) in [6.07, 6.45) is 8.85. The maximum Gasteiger partial charge on any atom is 0.201 e. The fraction of sp³-hybridized carbons (Fsp3) is 0.727. The molecule has 4 aliphatic heterocycles. The Balaban J connectivity index is 0.000000208. The highest BCUT2D eigenvalue weighted by Crippen LogP contribution is 2.41. The molecule has 0 aromatic carbocycles. The second-order valence-corrected chi connectivity index (χ2v) is 18.2. The van der Waals surface area contributed by atoms with Crippen LogP contribution in [0.15, 0.2) is 48.8 Å². The molecule has 2 aromatic heterocycles. The zero-order valence-electron chi connectivity index (χ0n) is 34.8. The van der Waals surface area contributed by atoms with Gasteiger partial charge in [0.1, 0.15) is 11.4 Å². The molecule has 0 unspecified atom stereocenters. The molecular weight excluding hydrogens is 677 g/mol. The minimum atomic E-state index is -0.500. The van der Waals surface area contributed by atoms with Crippen LogP contribution in [0.4, 0.5) is 0 Å².